The van der Waals surface area contributed by atoms with E-state index < -0.39 is 5.54 Å². The van der Waals surface area contributed by atoms with Crippen LogP contribution in [0.15, 0.2) is 24.3 Å². The summed E-state index contributed by atoms with van der Waals surface area (Å²) in [6.07, 6.45) is 2.30. The number of methoxy groups -OCH3 is 1. The Morgan fingerprint density at radius 3 is 2.76 bits per heavy atom. The van der Waals surface area contributed by atoms with E-state index in [0.717, 1.165) is 24.3 Å². The monoisotopic (exact) mass is 294 g/mol. The van der Waals surface area contributed by atoms with Crippen molar-refractivity contribution in [2.24, 2.45) is 5.73 Å². The average Bonchev–Trinajstić information content (AvgIpc) is 2.46. The third-order valence-electron chi connectivity index (χ3n) is 3.20. The summed E-state index contributed by atoms with van der Waals surface area (Å²) in [6, 6.07) is 7.44. The van der Waals surface area contributed by atoms with Crippen molar-refractivity contribution in [2.75, 3.05) is 20.3 Å². The maximum absolute atomic E-state index is 11.9. The van der Waals surface area contributed by atoms with Crippen molar-refractivity contribution in [1.82, 2.24) is 5.32 Å². The van der Waals surface area contributed by atoms with Crippen molar-refractivity contribution in [3.8, 4) is 11.5 Å². The molecule has 5 nitrogen and oxygen atoms in total. The molecule has 0 fully saturated rings. The molecule has 5 heteroatoms. The molecule has 0 spiro atoms. The van der Waals surface area contributed by atoms with Crippen LogP contribution in [0.3, 0.4) is 0 Å². The Balaban J connectivity index is 2.24. The molecule has 0 bridgehead atoms. The van der Waals surface area contributed by atoms with Crippen LogP contribution in [0.25, 0.3) is 0 Å². The molecule has 0 saturated heterocycles. The summed E-state index contributed by atoms with van der Waals surface area (Å²) >= 11 is 0. The Kier molecular flexibility index (Phi) is 7.02. The van der Waals surface area contributed by atoms with E-state index in [1.165, 1.54) is 0 Å². The predicted octanol–water partition coefficient (Wildman–Crippen LogP) is 2.10. The number of hydrogen-bond donors (Lipinski definition) is 2. The van der Waals surface area contributed by atoms with Crippen molar-refractivity contribution in [3.05, 3.63) is 24.3 Å². The highest BCUT2D eigenvalue weighted by atomic mass is 16.5. The summed E-state index contributed by atoms with van der Waals surface area (Å²) in [5, 5.41) is 2.85. The Labute approximate surface area is 126 Å². The zero-order chi connectivity index (χ0) is 15.7. The zero-order valence-electron chi connectivity index (χ0n) is 13.1. The molecule has 0 radical (unpaired) electrons. The van der Waals surface area contributed by atoms with E-state index in [1.807, 2.05) is 31.2 Å². The van der Waals surface area contributed by atoms with Crippen molar-refractivity contribution >= 4 is 5.91 Å². The quantitative estimate of drug-likeness (QED) is 0.684. The Morgan fingerprint density at radius 1 is 1.38 bits per heavy atom. The highest BCUT2D eigenvalue weighted by Gasteiger charge is 2.26. The highest BCUT2D eigenvalue weighted by molar-refractivity contribution is 5.85. The van der Waals surface area contributed by atoms with E-state index in [-0.39, 0.29) is 5.91 Å². The molecule has 1 amide bonds. The van der Waals surface area contributed by atoms with Gasteiger partial charge in [-0.1, -0.05) is 19.4 Å². The molecule has 0 aliphatic heterocycles. The van der Waals surface area contributed by atoms with Gasteiger partial charge in [-0.2, -0.15) is 0 Å². The minimum absolute atomic E-state index is 0.106. The standard InChI is InChI=1S/C16H26N2O3/c1-4-9-16(2,17)15(19)18-10-6-11-21-14-8-5-7-13(12-14)20-3/h5,7-8,12H,4,6,9-11,17H2,1-3H3,(H,18,19). The molecule has 118 valence electrons. The van der Waals surface area contributed by atoms with Gasteiger partial charge in [-0.25, -0.2) is 0 Å². The lowest BCUT2D eigenvalue weighted by atomic mass is 9.96. The number of rotatable bonds is 9. The van der Waals surface area contributed by atoms with E-state index in [1.54, 1.807) is 14.0 Å². The predicted molar refractivity (Wildman–Crippen MR) is 83.6 cm³/mol. The molecule has 0 saturated carbocycles. The fraction of sp³-hybridized carbons (Fsp3) is 0.562. The largest absolute Gasteiger partial charge is 0.497 e. The number of carbonyl (C=O) groups is 1. The van der Waals surface area contributed by atoms with Crippen LogP contribution in [0, 0.1) is 0 Å². The number of benzene rings is 1. The van der Waals surface area contributed by atoms with Crippen LogP contribution < -0.4 is 20.5 Å². The summed E-state index contributed by atoms with van der Waals surface area (Å²) in [7, 11) is 1.62. The van der Waals surface area contributed by atoms with Gasteiger partial charge in [0.2, 0.25) is 5.91 Å². The van der Waals surface area contributed by atoms with E-state index in [9.17, 15) is 4.79 Å². The number of nitrogens with two attached hydrogens (primary N) is 1. The minimum atomic E-state index is -0.789. The first-order valence-electron chi connectivity index (χ1n) is 7.33. The second-order valence-corrected chi connectivity index (χ2v) is 5.30. The molecule has 1 aromatic rings. The van der Waals surface area contributed by atoms with E-state index in [4.69, 9.17) is 15.2 Å². The SMILES string of the molecule is CCCC(C)(N)C(=O)NCCCOc1cccc(OC)c1. The van der Waals surface area contributed by atoms with Crippen molar-refractivity contribution in [2.45, 2.75) is 38.6 Å². The average molecular weight is 294 g/mol. The molecule has 21 heavy (non-hydrogen) atoms. The van der Waals surface area contributed by atoms with Crippen LogP contribution in [0.2, 0.25) is 0 Å². The number of ether oxygens (including phenoxy) is 2. The molecule has 0 aliphatic carbocycles. The smallest absolute Gasteiger partial charge is 0.239 e. The number of carbonyl (C=O) groups excluding carboxylic acids is 1. The number of hydrogen-bond acceptors (Lipinski definition) is 4. The van der Waals surface area contributed by atoms with E-state index >= 15 is 0 Å². The highest BCUT2D eigenvalue weighted by Crippen LogP contribution is 2.18. The van der Waals surface area contributed by atoms with Crippen LogP contribution >= 0.6 is 0 Å². The fourth-order valence-electron chi connectivity index (χ4n) is 1.99. The summed E-state index contributed by atoms with van der Waals surface area (Å²) in [5.41, 5.74) is 5.16. The molecular weight excluding hydrogens is 268 g/mol. The normalized spacial score (nSPS) is 13.3. The van der Waals surface area contributed by atoms with Crippen LogP contribution in [-0.4, -0.2) is 31.7 Å². The van der Waals surface area contributed by atoms with Crippen LogP contribution in [-0.2, 0) is 4.79 Å². The van der Waals surface area contributed by atoms with Gasteiger partial charge in [-0.15, -0.1) is 0 Å². The van der Waals surface area contributed by atoms with Crippen LogP contribution in [0.1, 0.15) is 33.1 Å². The molecule has 1 unspecified atom stereocenters. The fourth-order valence-corrected chi connectivity index (χ4v) is 1.99. The van der Waals surface area contributed by atoms with Gasteiger partial charge in [0.15, 0.2) is 0 Å². The van der Waals surface area contributed by atoms with Crippen LogP contribution in [0.4, 0.5) is 0 Å². The van der Waals surface area contributed by atoms with Gasteiger partial charge >= 0.3 is 0 Å². The van der Waals surface area contributed by atoms with Crippen molar-refractivity contribution in [3.63, 3.8) is 0 Å². The molecular formula is C16H26N2O3. The van der Waals surface area contributed by atoms with Gasteiger partial charge < -0.3 is 20.5 Å². The lowest BCUT2D eigenvalue weighted by Gasteiger charge is -2.22. The van der Waals surface area contributed by atoms with E-state index in [0.29, 0.717) is 19.6 Å². The van der Waals surface area contributed by atoms with Gasteiger partial charge in [0.05, 0.1) is 19.3 Å². The second-order valence-electron chi connectivity index (χ2n) is 5.30. The lowest BCUT2D eigenvalue weighted by molar-refractivity contribution is -0.126. The maximum atomic E-state index is 11.9. The van der Waals surface area contributed by atoms with Crippen LogP contribution in [0.5, 0.6) is 11.5 Å². The van der Waals surface area contributed by atoms with Gasteiger partial charge in [0.25, 0.3) is 0 Å². The molecule has 1 atom stereocenters. The molecule has 3 N–H and O–H groups in total. The Hall–Kier alpha value is -1.75. The van der Waals surface area contributed by atoms with Crippen molar-refractivity contribution < 1.29 is 14.3 Å². The molecule has 1 aromatic carbocycles. The lowest BCUT2D eigenvalue weighted by Crippen LogP contribution is -2.51. The summed E-state index contributed by atoms with van der Waals surface area (Å²) < 4.78 is 10.7. The first kappa shape index (κ1) is 17.3. The maximum Gasteiger partial charge on any atom is 0.239 e. The van der Waals surface area contributed by atoms with Gasteiger partial charge in [0.1, 0.15) is 11.5 Å². The Bertz CT molecular complexity index is 447. The number of nitrogens with one attached hydrogen (secondary N) is 1. The third kappa shape index (κ3) is 6.04. The third-order valence-corrected chi connectivity index (χ3v) is 3.20. The van der Waals surface area contributed by atoms with E-state index in [2.05, 4.69) is 5.32 Å². The number of amides is 1. The van der Waals surface area contributed by atoms with Gasteiger partial charge in [-0.05, 0) is 31.9 Å². The summed E-state index contributed by atoms with van der Waals surface area (Å²) in [4.78, 5) is 11.9. The molecule has 0 heterocycles. The second kappa shape index (κ2) is 8.52. The first-order chi connectivity index (χ1) is 9.99. The molecule has 0 aliphatic rings. The molecule has 1 rings (SSSR count). The van der Waals surface area contributed by atoms with Gasteiger partial charge in [-0.3, -0.25) is 4.79 Å². The Morgan fingerprint density at radius 2 is 2.10 bits per heavy atom. The first-order valence-corrected chi connectivity index (χ1v) is 7.33. The molecule has 0 aromatic heterocycles. The minimum Gasteiger partial charge on any atom is -0.497 e. The summed E-state index contributed by atoms with van der Waals surface area (Å²) in [6.45, 7) is 4.86. The summed E-state index contributed by atoms with van der Waals surface area (Å²) in [5.74, 6) is 1.42. The topological polar surface area (TPSA) is 73.6 Å². The van der Waals surface area contributed by atoms with Gasteiger partial charge in [0, 0.05) is 12.6 Å². The zero-order valence-corrected chi connectivity index (χ0v) is 13.1. The van der Waals surface area contributed by atoms with Crippen molar-refractivity contribution in [1.29, 1.82) is 0 Å².